The van der Waals surface area contributed by atoms with E-state index in [1.807, 2.05) is 0 Å². The highest BCUT2D eigenvalue weighted by Crippen LogP contribution is 2.55. The zero-order valence-electron chi connectivity index (χ0n) is 9.29. The van der Waals surface area contributed by atoms with Crippen LogP contribution in [0, 0.1) is 11.3 Å². The van der Waals surface area contributed by atoms with Crippen molar-refractivity contribution < 1.29 is 10.2 Å². The average Bonchev–Trinajstić information content (AvgIpc) is 2.11. The van der Waals surface area contributed by atoms with Gasteiger partial charge >= 0.3 is 0 Å². The maximum absolute atomic E-state index is 10.7. The zero-order chi connectivity index (χ0) is 10.4. The summed E-state index contributed by atoms with van der Waals surface area (Å²) in [4.78, 5) is 0. The Kier molecular flexibility index (Phi) is 2.39. The number of aliphatic hydroxyl groups is 2. The first kappa shape index (κ1) is 10.4. The summed E-state index contributed by atoms with van der Waals surface area (Å²) >= 11 is 0. The lowest BCUT2D eigenvalue weighted by molar-refractivity contribution is -0.187. The molecule has 0 bridgehead atoms. The van der Waals surface area contributed by atoms with Gasteiger partial charge in [-0.3, -0.25) is 0 Å². The van der Waals surface area contributed by atoms with E-state index in [-0.39, 0.29) is 11.5 Å². The van der Waals surface area contributed by atoms with Crippen LogP contribution in [0.3, 0.4) is 0 Å². The van der Waals surface area contributed by atoms with Crippen molar-refractivity contribution in [1.82, 2.24) is 0 Å². The number of rotatable bonds is 0. The van der Waals surface area contributed by atoms with Crippen LogP contribution in [0.25, 0.3) is 0 Å². The summed E-state index contributed by atoms with van der Waals surface area (Å²) in [6, 6.07) is 0. The maximum Gasteiger partial charge on any atom is 0.0751 e. The predicted molar refractivity (Wildman–Crippen MR) is 55.9 cm³/mol. The largest absolute Gasteiger partial charge is 0.393 e. The van der Waals surface area contributed by atoms with Crippen molar-refractivity contribution in [3.05, 3.63) is 0 Å². The molecular formula is C12H22O2. The van der Waals surface area contributed by atoms with Crippen molar-refractivity contribution in [3.63, 3.8) is 0 Å². The summed E-state index contributed by atoms with van der Waals surface area (Å²) in [5.41, 5.74) is -0.549. The lowest BCUT2D eigenvalue weighted by Gasteiger charge is -2.56. The molecule has 0 unspecified atom stereocenters. The molecule has 2 aliphatic carbocycles. The smallest absolute Gasteiger partial charge is 0.0751 e. The van der Waals surface area contributed by atoms with Crippen molar-refractivity contribution >= 4 is 0 Å². The third kappa shape index (κ3) is 1.31. The highest BCUT2D eigenvalue weighted by Gasteiger charge is 2.54. The molecule has 0 heterocycles. The van der Waals surface area contributed by atoms with Crippen LogP contribution in [0.15, 0.2) is 0 Å². The van der Waals surface area contributed by atoms with Gasteiger partial charge in [-0.25, -0.2) is 0 Å². The SMILES string of the molecule is C[C@H]1CCC[C@@]2(C)CC[C@@H](O)C[C@]12O. The van der Waals surface area contributed by atoms with Crippen LogP contribution in [-0.2, 0) is 0 Å². The summed E-state index contributed by atoms with van der Waals surface area (Å²) in [5.74, 6) is 0.344. The predicted octanol–water partition coefficient (Wildman–Crippen LogP) is 2.09. The molecule has 82 valence electrons. The van der Waals surface area contributed by atoms with Crippen LogP contribution >= 0.6 is 0 Å². The van der Waals surface area contributed by atoms with Gasteiger partial charge in [0.05, 0.1) is 11.7 Å². The van der Waals surface area contributed by atoms with E-state index in [2.05, 4.69) is 13.8 Å². The van der Waals surface area contributed by atoms with Crippen LogP contribution in [0.2, 0.25) is 0 Å². The fraction of sp³-hybridized carbons (Fsp3) is 1.00. The van der Waals surface area contributed by atoms with Gasteiger partial charge in [0.15, 0.2) is 0 Å². The van der Waals surface area contributed by atoms with Crippen LogP contribution in [-0.4, -0.2) is 21.9 Å². The molecule has 0 aromatic carbocycles. The average molecular weight is 198 g/mol. The van der Waals surface area contributed by atoms with Gasteiger partial charge in [0, 0.05) is 6.42 Å². The maximum atomic E-state index is 10.7. The van der Waals surface area contributed by atoms with E-state index < -0.39 is 5.60 Å². The molecule has 0 saturated heterocycles. The molecule has 2 aliphatic rings. The van der Waals surface area contributed by atoms with Gasteiger partial charge in [-0.1, -0.05) is 20.3 Å². The molecule has 0 radical (unpaired) electrons. The Balaban J connectivity index is 2.27. The number of hydrogen-bond donors (Lipinski definition) is 2. The molecule has 2 rings (SSSR count). The van der Waals surface area contributed by atoms with Gasteiger partial charge in [0.25, 0.3) is 0 Å². The molecule has 2 fully saturated rings. The second kappa shape index (κ2) is 3.21. The molecule has 0 aromatic rings. The Hall–Kier alpha value is -0.0800. The van der Waals surface area contributed by atoms with Crippen molar-refractivity contribution in [2.24, 2.45) is 11.3 Å². The van der Waals surface area contributed by atoms with E-state index in [0.717, 1.165) is 25.7 Å². The van der Waals surface area contributed by atoms with Crippen molar-refractivity contribution in [2.75, 3.05) is 0 Å². The van der Waals surface area contributed by atoms with E-state index in [1.165, 1.54) is 6.42 Å². The van der Waals surface area contributed by atoms with E-state index in [0.29, 0.717) is 12.3 Å². The van der Waals surface area contributed by atoms with Crippen molar-refractivity contribution in [3.8, 4) is 0 Å². The minimum Gasteiger partial charge on any atom is -0.393 e. The second-order valence-electron chi connectivity index (χ2n) is 5.67. The molecule has 0 spiro atoms. The molecule has 2 heteroatoms. The van der Waals surface area contributed by atoms with Gasteiger partial charge in [0.1, 0.15) is 0 Å². The number of aliphatic hydroxyl groups excluding tert-OH is 1. The first-order valence-corrected chi connectivity index (χ1v) is 5.88. The van der Waals surface area contributed by atoms with Crippen LogP contribution in [0.5, 0.6) is 0 Å². The quantitative estimate of drug-likeness (QED) is 0.625. The number of fused-ring (bicyclic) bond motifs is 1. The standard InChI is InChI=1S/C12H22O2/c1-9-4-3-6-11(2)7-5-10(13)8-12(9,11)14/h9-10,13-14H,3-8H2,1-2H3/t9-,10+,11-,12-/m0/s1. The Morgan fingerprint density at radius 2 is 1.93 bits per heavy atom. The van der Waals surface area contributed by atoms with E-state index in [4.69, 9.17) is 0 Å². The Morgan fingerprint density at radius 1 is 1.21 bits per heavy atom. The third-order valence-corrected chi connectivity index (χ3v) is 4.80. The molecule has 2 saturated carbocycles. The highest BCUT2D eigenvalue weighted by atomic mass is 16.3. The molecule has 2 nitrogen and oxygen atoms in total. The Labute approximate surface area is 86.3 Å². The molecule has 0 aromatic heterocycles. The minimum absolute atomic E-state index is 0.0594. The monoisotopic (exact) mass is 198 g/mol. The fourth-order valence-corrected chi connectivity index (χ4v) is 3.58. The summed E-state index contributed by atoms with van der Waals surface area (Å²) in [6.07, 6.45) is 5.62. The summed E-state index contributed by atoms with van der Waals surface area (Å²) in [5, 5.41) is 20.4. The Morgan fingerprint density at radius 3 is 2.64 bits per heavy atom. The number of hydrogen-bond acceptors (Lipinski definition) is 2. The third-order valence-electron chi connectivity index (χ3n) is 4.80. The topological polar surface area (TPSA) is 40.5 Å². The first-order chi connectivity index (χ1) is 6.48. The van der Waals surface area contributed by atoms with Crippen LogP contribution < -0.4 is 0 Å². The van der Waals surface area contributed by atoms with Gasteiger partial charge < -0.3 is 10.2 Å². The fourth-order valence-electron chi connectivity index (χ4n) is 3.58. The van der Waals surface area contributed by atoms with E-state index in [9.17, 15) is 10.2 Å². The molecule has 0 amide bonds. The summed E-state index contributed by atoms with van der Waals surface area (Å²) in [7, 11) is 0. The van der Waals surface area contributed by atoms with Gasteiger partial charge in [0.2, 0.25) is 0 Å². The van der Waals surface area contributed by atoms with Gasteiger partial charge in [-0.15, -0.1) is 0 Å². The van der Waals surface area contributed by atoms with Crippen molar-refractivity contribution in [2.45, 2.75) is 64.1 Å². The molecule has 2 N–H and O–H groups in total. The summed E-state index contributed by atoms with van der Waals surface area (Å²) in [6.45, 7) is 4.34. The minimum atomic E-state index is -0.608. The lowest BCUT2D eigenvalue weighted by Crippen LogP contribution is -2.58. The highest BCUT2D eigenvalue weighted by molar-refractivity contribution is 5.06. The molecule has 4 atom stereocenters. The Bertz CT molecular complexity index is 228. The van der Waals surface area contributed by atoms with Crippen molar-refractivity contribution in [1.29, 1.82) is 0 Å². The van der Waals surface area contributed by atoms with Crippen LogP contribution in [0.1, 0.15) is 52.4 Å². The van der Waals surface area contributed by atoms with Gasteiger partial charge in [-0.05, 0) is 37.0 Å². The van der Waals surface area contributed by atoms with Gasteiger partial charge in [-0.2, -0.15) is 0 Å². The molecule has 0 aliphatic heterocycles. The first-order valence-electron chi connectivity index (χ1n) is 5.88. The van der Waals surface area contributed by atoms with E-state index >= 15 is 0 Å². The lowest BCUT2D eigenvalue weighted by atomic mass is 9.53. The van der Waals surface area contributed by atoms with E-state index in [1.54, 1.807) is 0 Å². The van der Waals surface area contributed by atoms with Crippen LogP contribution in [0.4, 0.5) is 0 Å². The normalized spacial score (nSPS) is 54.0. The second-order valence-corrected chi connectivity index (χ2v) is 5.67. The zero-order valence-corrected chi connectivity index (χ0v) is 9.29. The summed E-state index contributed by atoms with van der Waals surface area (Å²) < 4.78 is 0. The molecule has 14 heavy (non-hydrogen) atoms. The molecular weight excluding hydrogens is 176 g/mol.